The van der Waals surface area contributed by atoms with Crippen LogP contribution in [0.25, 0.3) is 0 Å². The Morgan fingerprint density at radius 1 is 1.52 bits per heavy atom. The Morgan fingerprint density at radius 3 is 2.74 bits per heavy atom. The summed E-state index contributed by atoms with van der Waals surface area (Å²) in [5, 5.41) is 13.6. The summed E-state index contributed by atoms with van der Waals surface area (Å²) in [6.45, 7) is 8.69. The molecule has 1 amide bonds. The van der Waals surface area contributed by atoms with E-state index in [1.54, 1.807) is 13.8 Å². The van der Waals surface area contributed by atoms with Gasteiger partial charge in [-0.2, -0.15) is 0 Å². The number of hydrogen-bond acceptors (Lipinski definition) is 8. The van der Waals surface area contributed by atoms with Gasteiger partial charge < -0.3 is 34.1 Å². The summed E-state index contributed by atoms with van der Waals surface area (Å²) in [4.78, 5) is 23.7. The Balaban J connectivity index is 2.32. The molecule has 0 bridgehead atoms. The van der Waals surface area contributed by atoms with Gasteiger partial charge in [-0.25, -0.2) is 4.79 Å². The summed E-state index contributed by atoms with van der Waals surface area (Å²) in [7, 11) is 1.22. The molecular formula is C18H27NO8. The molecule has 0 aliphatic carbocycles. The van der Waals surface area contributed by atoms with E-state index in [9.17, 15) is 14.7 Å². The molecule has 0 aromatic heterocycles. The van der Waals surface area contributed by atoms with E-state index in [1.807, 2.05) is 0 Å². The zero-order valence-electron chi connectivity index (χ0n) is 16.0. The van der Waals surface area contributed by atoms with Crippen molar-refractivity contribution >= 4 is 11.9 Å². The molecule has 5 atom stereocenters. The minimum Gasteiger partial charge on any atom is -0.478 e. The maximum absolute atomic E-state index is 12.0. The van der Waals surface area contributed by atoms with Gasteiger partial charge in [0.1, 0.15) is 18.3 Å². The monoisotopic (exact) mass is 385 g/mol. The zero-order valence-corrected chi connectivity index (χ0v) is 16.0. The molecule has 9 nitrogen and oxygen atoms in total. The Bertz CT molecular complexity index is 602. The topological polar surface area (TPSA) is 113 Å². The molecule has 4 unspecified atom stereocenters. The first kappa shape index (κ1) is 21.4. The van der Waals surface area contributed by atoms with Crippen LogP contribution in [-0.4, -0.2) is 73.6 Å². The van der Waals surface area contributed by atoms with Crippen molar-refractivity contribution in [2.45, 2.75) is 57.0 Å². The standard InChI is InChI=1S/C18H27NO8/c1-6-7-24-11-8-12(17(22)23-5)26-16(14(11)19-10(2)20)15(21)13-9-25-18(3,4)27-13/h6,8,11,13-16,21H,1,7,9H2,2-5H3,(H,19,20)/t11?,13?,14?,15?,16-/m1/s1. The van der Waals surface area contributed by atoms with Crippen LogP contribution >= 0.6 is 0 Å². The van der Waals surface area contributed by atoms with Crippen molar-refractivity contribution in [1.82, 2.24) is 5.32 Å². The van der Waals surface area contributed by atoms with Crippen LogP contribution in [0.3, 0.4) is 0 Å². The third kappa shape index (κ3) is 5.29. The minimum absolute atomic E-state index is 0.115. The minimum atomic E-state index is -1.20. The number of nitrogens with one attached hydrogen (secondary N) is 1. The van der Waals surface area contributed by atoms with Gasteiger partial charge >= 0.3 is 5.97 Å². The van der Waals surface area contributed by atoms with Crippen molar-refractivity contribution < 1.29 is 38.4 Å². The first-order valence-electron chi connectivity index (χ1n) is 8.64. The second-order valence-corrected chi connectivity index (χ2v) is 6.78. The van der Waals surface area contributed by atoms with Gasteiger partial charge in [-0.3, -0.25) is 4.79 Å². The number of amides is 1. The highest BCUT2D eigenvalue weighted by Crippen LogP contribution is 2.30. The van der Waals surface area contributed by atoms with Crippen LogP contribution in [0.4, 0.5) is 0 Å². The average molecular weight is 385 g/mol. The van der Waals surface area contributed by atoms with Crippen molar-refractivity contribution in [2.75, 3.05) is 20.3 Å². The van der Waals surface area contributed by atoms with Crippen molar-refractivity contribution in [3.63, 3.8) is 0 Å². The summed E-state index contributed by atoms with van der Waals surface area (Å²) >= 11 is 0. The number of carbonyl (C=O) groups is 2. The normalized spacial score (nSPS) is 30.6. The molecule has 0 aromatic rings. The molecule has 27 heavy (non-hydrogen) atoms. The van der Waals surface area contributed by atoms with Gasteiger partial charge in [0.15, 0.2) is 11.9 Å². The predicted molar refractivity (Wildman–Crippen MR) is 93.4 cm³/mol. The Kier molecular flexibility index (Phi) is 6.99. The van der Waals surface area contributed by atoms with Crippen LogP contribution in [0.2, 0.25) is 0 Å². The number of ether oxygens (including phenoxy) is 5. The summed E-state index contributed by atoms with van der Waals surface area (Å²) in [6, 6.07) is -0.766. The molecule has 0 spiro atoms. The van der Waals surface area contributed by atoms with E-state index in [0.29, 0.717) is 0 Å². The smallest absolute Gasteiger partial charge is 0.373 e. The van der Waals surface area contributed by atoms with Crippen LogP contribution < -0.4 is 5.32 Å². The van der Waals surface area contributed by atoms with Gasteiger partial charge in [0.25, 0.3) is 0 Å². The fraction of sp³-hybridized carbons (Fsp3) is 0.667. The molecule has 2 N–H and O–H groups in total. The second-order valence-electron chi connectivity index (χ2n) is 6.78. The van der Waals surface area contributed by atoms with E-state index in [0.717, 1.165) is 0 Å². The zero-order chi connectivity index (χ0) is 20.2. The van der Waals surface area contributed by atoms with Crippen LogP contribution in [0, 0.1) is 0 Å². The quantitative estimate of drug-likeness (QED) is 0.466. The van der Waals surface area contributed by atoms with E-state index in [1.165, 1.54) is 26.2 Å². The second kappa shape index (κ2) is 8.83. The molecule has 1 fully saturated rings. The van der Waals surface area contributed by atoms with E-state index < -0.39 is 42.2 Å². The van der Waals surface area contributed by atoms with Crippen LogP contribution in [0.5, 0.6) is 0 Å². The maximum atomic E-state index is 12.0. The summed E-state index contributed by atoms with van der Waals surface area (Å²) < 4.78 is 27.3. The molecule has 0 aromatic carbocycles. The lowest BCUT2D eigenvalue weighted by Gasteiger charge is -2.40. The molecule has 152 valence electrons. The van der Waals surface area contributed by atoms with Crippen LogP contribution in [0.1, 0.15) is 20.8 Å². The SMILES string of the molecule is C=CCOC1C=C(C(=O)OC)O[C@@H](C(O)C2COC(C)(C)O2)C1NC(C)=O. The number of aliphatic hydroxyl groups is 1. The summed E-state index contributed by atoms with van der Waals surface area (Å²) in [5.41, 5.74) is 0. The highest BCUT2D eigenvalue weighted by molar-refractivity contribution is 5.86. The highest BCUT2D eigenvalue weighted by atomic mass is 16.7. The maximum Gasteiger partial charge on any atom is 0.373 e. The number of rotatable bonds is 7. The van der Waals surface area contributed by atoms with E-state index in [-0.39, 0.29) is 24.9 Å². The molecule has 2 aliphatic heterocycles. The lowest BCUT2D eigenvalue weighted by atomic mass is 9.93. The largest absolute Gasteiger partial charge is 0.478 e. The predicted octanol–water partition coefficient (Wildman–Crippen LogP) is 0.0304. The van der Waals surface area contributed by atoms with Gasteiger partial charge in [-0.1, -0.05) is 6.08 Å². The molecule has 9 heteroatoms. The lowest BCUT2D eigenvalue weighted by molar-refractivity contribution is -0.173. The van der Waals surface area contributed by atoms with E-state index >= 15 is 0 Å². The van der Waals surface area contributed by atoms with Gasteiger partial charge in [-0.05, 0) is 19.9 Å². The van der Waals surface area contributed by atoms with Gasteiger partial charge in [-0.15, -0.1) is 6.58 Å². The first-order chi connectivity index (χ1) is 12.7. The Morgan fingerprint density at radius 2 is 2.22 bits per heavy atom. The van der Waals surface area contributed by atoms with Crippen molar-refractivity contribution in [3.8, 4) is 0 Å². The fourth-order valence-corrected chi connectivity index (χ4v) is 3.02. The number of esters is 1. The number of carbonyl (C=O) groups excluding carboxylic acids is 2. The van der Waals surface area contributed by atoms with Crippen molar-refractivity contribution in [2.24, 2.45) is 0 Å². The van der Waals surface area contributed by atoms with Crippen molar-refractivity contribution in [3.05, 3.63) is 24.5 Å². The molecular weight excluding hydrogens is 358 g/mol. The van der Waals surface area contributed by atoms with Crippen LogP contribution in [0.15, 0.2) is 24.5 Å². The number of hydrogen-bond donors (Lipinski definition) is 2. The van der Waals surface area contributed by atoms with Gasteiger partial charge in [0.05, 0.1) is 26.4 Å². The summed E-state index contributed by atoms with van der Waals surface area (Å²) in [5.74, 6) is -2.03. The number of aliphatic hydroxyl groups excluding tert-OH is 1. The third-order valence-electron chi connectivity index (χ3n) is 4.20. The Labute approximate surface area is 158 Å². The first-order valence-corrected chi connectivity index (χ1v) is 8.64. The van der Waals surface area contributed by atoms with Crippen LogP contribution in [-0.2, 0) is 33.3 Å². The molecule has 2 rings (SSSR count). The molecule has 2 aliphatic rings. The lowest BCUT2D eigenvalue weighted by Crippen LogP contribution is -2.60. The molecule has 0 saturated carbocycles. The Hall–Kier alpha value is -1.94. The fourth-order valence-electron chi connectivity index (χ4n) is 3.02. The third-order valence-corrected chi connectivity index (χ3v) is 4.20. The molecule has 2 heterocycles. The average Bonchev–Trinajstić information content (AvgIpc) is 2.98. The van der Waals surface area contributed by atoms with E-state index in [4.69, 9.17) is 23.7 Å². The van der Waals surface area contributed by atoms with Gasteiger partial charge in [0, 0.05) is 6.92 Å². The summed E-state index contributed by atoms with van der Waals surface area (Å²) in [6.07, 6.45) is -0.733. The molecule has 1 saturated heterocycles. The van der Waals surface area contributed by atoms with Gasteiger partial charge in [0.2, 0.25) is 11.7 Å². The van der Waals surface area contributed by atoms with Crippen molar-refractivity contribution in [1.29, 1.82) is 0 Å². The number of methoxy groups -OCH3 is 1. The molecule has 0 radical (unpaired) electrons. The highest BCUT2D eigenvalue weighted by Gasteiger charge is 2.48. The van der Waals surface area contributed by atoms with E-state index in [2.05, 4.69) is 11.9 Å².